The lowest BCUT2D eigenvalue weighted by Crippen LogP contribution is -2.55. The molecule has 2 aromatic rings. The molecule has 11 heteroatoms. The van der Waals surface area contributed by atoms with Gasteiger partial charge in [-0.05, 0) is 31.0 Å². The van der Waals surface area contributed by atoms with Crippen LogP contribution in [0.2, 0.25) is 5.02 Å². The van der Waals surface area contributed by atoms with Crippen LogP contribution in [0.25, 0.3) is 0 Å². The van der Waals surface area contributed by atoms with E-state index >= 15 is 0 Å². The predicted molar refractivity (Wildman–Crippen MR) is 133 cm³/mol. The van der Waals surface area contributed by atoms with Gasteiger partial charge in [-0.2, -0.15) is 0 Å². The Morgan fingerprint density at radius 2 is 1.84 bits per heavy atom. The van der Waals surface area contributed by atoms with Crippen molar-refractivity contribution in [2.75, 3.05) is 19.5 Å². The van der Waals surface area contributed by atoms with Crippen LogP contribution >= 0.6 is 11.6 Å². The Balaban J connectivity index is 1.45. The van der Waals surface area contributed by atoms with Crippen LogP contribution < -0.4 is 30.2 Å². The number of anilines is 1. The largest absolute Gasteiger partial charge is 0.496 e. The summed E-state index contributed by atoms with van der Waals surface area (Å²) in [6.07, 6.45) is 1.65. The van der Waals surface area contributed by atoms with Crippen LogP contribution in [0.15, 0.2) is 42.1 Å². The summed E-state index contributed by atoms with van der Waals surface area (Å²) in [4.78, 5) is 51.1. The smallest absolute Gasteiger partial charge is 0.322 e. The lowest BCUT2D eigenvalue weighted by molar-refractivity contribution is -0.129. The molecule has 0 bridgehead atoms. The minimum absolute atomic E-state index is 0.0608. The number of Topliss-reactive ketones (excluding diaryl/α,β-unsaturated/α-hetero) is 1. The van der Waals surface area contributed by atoms with Crippen LogP contribution in [-0.2, 0) is 15.1 Å². The van der Waals surface area contributed by atoms with Crippen LogP contribution in [-0.4, -0.2) is 43.3 Å². The quantitative estimate of drug-likeness (QED) is 0.400. The summed E-state index contributed by atoms with van der Waals surface area (Å²) in [5.74, 6) is -1.53. The average molecular weight is 526 g/mol. The number of fused-ring (bicyclic) bond motifs is 1. The zero-order valence-electron chi connectivity index (χ0n) is 20.5. The summed E-state index contributed by atoms with van der Waals surface area (Å²) >= 11 is 6.43. The van der Waals surface area contributed by atoms with Gasteiger partial charge in [0.2, 0.25) is 17.2 Å². The van der Waals surface area contributed by atoms with E-state index in [-0.39, 0.29) is 27.8 Å². The van der Waals surface area contributed by atoms with Crippen molar-refractivity contribution < 1.29 is 33.4 Å². The van der Waals surface area contributed by atoms with E-state index in [1.165, 1.54) is 26.4 Å². The van der Waals surface area contributed by atoms with Crippen molar-refractivity contribution in [2.24, 2.45) is 5.92 Å². The van der Waals surface area contributed by atoms with Crippen molar-refractivity contribution in [3.8, 4) is 17.2 Å². The fraction of sp³-hybridized carbons (Fsp3) is 0.308. The molecule has 10 nitrogen and oxygen atoms in total. The molecule has 1 fully saturated rings. The summed E-state index contributed by atoms with van der Waals surface area (Å²) < 4.78 is 16.7. The molecule has 0 aromatic heterocycles. The van der Waals surface area contributed by atoms with Crippen molar-refractivity contribution in [3.05, 3.63) is 58.3 Å². The maximum Gasteiger partial charge on any atom is 0.322 e. The van der Waals surface area contributed by atoms with Crippen LogP contribution in [0.1, 0.15) is 36.2 Å². The molecule has 3 N–H and O–H groups in total. The molecular formula is C26H24ClN3O7. The minimum Gasteiger partial charge on any atom is -0.496 e. The number of allylic oxidation sites excluding steroid dienone is 1. The topological polar surface area (TPSA) is 132 Å². The third-order valence-corrected chi connectivity index (χ3v) is 7.46. The second-order valence-corrected chi connectivity index (χ2v) is 9.72. The fourth-order valence-corrected chi connectivity index (χ4v) is 5.32. The van der Waals surface area contributed by atoms with Crippen molar-refractivity contribution in [2.45, 2.75) is 31.4 Å². The Labute approximate surface area is 217 Å². The van der Waals surface area contributed by atoms with Crippen LogP contribution in [0.5, 0.6) is 17.2 Å². The molecule has 0 radical (unpaired) electrons. The molecule has 3 atom stereocenters. The summed E-state index contributed by atoms with van der Waals surface area (Å²) in [7, 11) is 2.83. The summed E-state index contributed by atoms with van der Waals surface area (Å²) in [6.45, 7) is 3.36. The van der Waals surface area contributed by atoms with Crippen molar-refractivity contribution in [1.82, 2.24) is 10.6 Å². The molecule has 0 saturated carbocycles. The van der Waals surface area contributed by atoms with E-state index in [4.69, 9.17) is 25.8 Å². The number of carbonyl (C=O) groups excluding carboxylic acids is 4. The van der Waals surface area contributed by atoms with Crippen molar-refractivity contribution in [1.29, 1.82) is 0 Å². The summed E-state index contributed by atoms with van der Waals surface area (Å²) in [5, 5.41) is 8.16. The number of nitrogens with one attached hydrogen (secondary N) is 3. The standard InChI is InChI=1S/C26H24ClN3O7/c1-12-8-15(28-14-7-5-6-13(9-14)25(2)23(33)29-24(34)30-25)10-18(31)26(12)22(32)19-16(35-3)11-17(36-4)20(27)21(19)37-26/h5-7,9-12,28H,8H2,1-4H3,(H2,29,30,33,34)/t12-,25+,26+/m1/s1. The number of urea groups is 1. The van der Waals surface area contributed by atoms with E-state index < -0.39 is 40.6 Å². The van der Waals surface area contributed by atoms with E-state index in [1.54, 1.807) is 38.1 Å². The summed E-state index contributed by atoms with van der Waals surface area (Å²) in [5.41, 5.74) is -1.17. The van der Waals surface area contributed by atoms with E-state index in [0.29, 0.717) is 23.4 Å². The van der Waals surface area contributed by atoms with Gasteiger partial charge < -0.3 is 24.8 Å². The van der Waals surface area contributed by atoms with Crippen molar-refractivity contribution in [3.63, 3.8) is 0 Å². The summed E-state index contributed by atoms with van der Waals surface area (Å²) in [6, 6.07) is 7.87. The lowest BCUT2D eigenvalue weighted by atomic mass is 9.74. The molecule has 3 aliphatic rings. The number of halogens is 1. The zero-order chi connectivity index (χ0) is 26.7. The third-order valence-electron chi connectivity index (χ3n) is 7.10. The number of ketones is 2. The second kappa shape index (κ2) is 8.52. The molecular weight excluding hydrogens is 502 g/mol. The van der Waals surface area contributed by atoms with E-state index in [2.05, 4.69) is 16.0 Å². The number of methoxy groups -OCH3 is 2. The highest BCUT2D eigenvalue weighted by Gasteiger charge is 2.60. The number of imide groups is 1. The van der Waals surface area contributed by atoms with Gasteiger partial charge in [-0.1, -0.05) is 30.7 Å². The molecule has 1 saturated heterocycles. The van der Waals surface area contributed by atoms with Gasteiger partial charge in [0.05, 0.1) is 14.2 Å². The van der Waals surface area contributed by atoms with E-state index in [0.717, 1.165) is 0 Å². The van der Waals surface area contributed by atoms with E-state index in [1.807, 2.05) is 0 Å². The van der Waals surface area contributed by atoms with Crippen molar-refractivity contribution >= 4 is 40.8 Å². The Morgan fingerprint density at radius 3 is 2.46 bits per heavy atom. The molecule has 2 aliphatic heterocycles. The number of amides is 3. The molecule has 0 unspecified atom stereocenters. The van der Waals surface area contributed by atoms with Gasteiger partial charge in [0.15, 0.2) is 5.75 Å². The van der Waals surface area contributed by atoms with Crippen LogP contribution in [0.3, 0.4) is 0 Å². The van der Waals surface area contributed by atoms with Crippen LogP contribution in [0.4, 0.5) is 10.5 Å². The third kappa shape index (κ3) is 3.54. The Hall–Kier alpha value is -4.05. The number of hydrogen-bond donors (Lipinski definition) is 3. The monoisotopic (exact) mass is 525 g/mol. The molecule has 5 rings (SSSR count). The Bertz CT molecular complexity index is 1420. The number of hydrogen-bond acceptors (Lipinski definition) is 8. The first-order valence-corrected chi connectivity index (χ1v) is 11.9. The highest BCUT2D eigenvalue weighted by molar-refractivity contribution is 6.36. The minimum atomic E-state index is -1.78. The van der Waals surface area contributed by atoms with Gasteiger partial charge in [0.1, 0.15) is 27.6 Å². The fourth-order valence-electron chi connectivity index (χ4n) is 5.06. The van der Waals surface area contributed by atoms with Gasteiger partial charge in [0.25, 0.3) is 5.91 Å². The molecule has 37 heavy (non-hydrogen) atoms. The van der Waals surface area contributed by atoms with Crippen LogP contribution in [0, 0.1) is 5.92 Å². The predicted octanol–water partition coefficient (Wildman–Crippen LogP) is 3.33. The molecule has 2 heterocycles. The zero-order valence-corrected chi connectivity index (χ0v) is 21.2. The molecule has 192 valence electrons. The molecule has 3 amide bonds. The van der Waals surface area contributed by atoms with Gasteiger partial charge in [-0.25, -0.2) is 4.79 Å². The maximum absolute atomic E-state index is 13.6. The van der Waals surface area contributed by atoms with Gasteiger partial charge >= 0.3 is 6.03 Å². The van der Waals surface area contributed by atoms with Gasteiger partial charge in [-0.15, -0.1) is 0 Å². The Kier molecular flexibility index (Phi) is 5.67. The number of carbonyl (C=O) groups is 4. The highest BCUT2D eigenvalue weighted by Crippen LogP contribution is 2.53. The van der Waals surface area contributed by atoms with E-state index in [9.17, 15) is 19.2 Å². The lowest BCUT2D eigenvalue weighted by Gasteiger charge is -2.35. The number of rotatable bonds is 5. The molecule has 2 aromatic carbocycles. The first-order chi connectivity index (χ1) is 17.5. The Morgan fingerprint density at radius 1 is 1.11 bits per heavy atom. The van der Waals surface area contributed by atoms with Gasteiger partial charge in [-0.3, -0.25) is 19.7 Å². The maximum atomic E-state index is 13.6. The molecule has 1 spiro atoms. The number of benzene rings is 2. The first-order valence-electron chi connectivity index (χ1n) is 11.5. The van der Waals surface area contributed by atoms with Gasteiger partial charge in [0, 0.05) is 29.4 Å². The highest BCUT2D eigenvalue weighted by atomic mass is 35.5. The second-order valence-electron chi connectivity index (χ2n) is 9.34. The SMILES string of the molecule is COc1cc(OC)c2c(c1Cl)O[C@@]1(C(=O)C=C(Nc3cccc([C@]4(C)NC(=O)NC4=O)c3)C[C@H]1C)C2=O. The normalized spacial score (nSPS) is 26.3. The number of ether oxygens (including phenoxy) is 3. The first kappa shape index (κ1) is 24.6. The molecule has 1 aliphatic carbocycles. The average Bonchev–Trinajstić information content (AvgIpc) is 3.32.